The van der Waals surface area contributed by atoms with Gasteiger partial charge < -0.3 is 10.1 Å². The van der Waals surface area contributed by atoms with Crippen LogP contribution >= 0.6 is 11.3 Å². The summed E-state index contributed by atoms with van der Waals surface area (Å²) in [6, 6.07) is 9.74. The van der Waals surface area contributed by atoms with Crippen molar-refractivity contribution in [2.24, 2.45) is 0 Å². The predicted octanol–water partition coefficient (Wildman–Crippen LogP) is 3.00. The largest absolute Gasteiger partial charge is 0.373 e. The Morgan fingerprint density at radius 1 is 1.32 bits per heavy atom. The minimum Gasteiger partial charge on any atom is -0.373 e. The van der Waals surface area contributed by atoms with Crippen LogP contribution in [0.4, 0.5) is 0 Å². The fraction of sp³-hybridized carbons (Fsp3) is 0.389. The molecule has 6 nitrogen and oxygen atoms in total. The van der Waals surface area contributed by atoms with Crippen LogP contribution in [-0.2, 0) is 11.2 Å². The van der Waals surface area contributed by atoms with E-state index in [1.807, 2.05) is 40.9 Å². The van der Waals surface area contributed by atoms with Crippen molar-refractivity contribution in [1.29, 1.82) is 0 Å². The van der Waals surface area contributed by atoms with Gasteiger partial charge in [-0.15, -0.1) is 21.5 Å². The zero-order chi connectivity index (χ0) is 17.1. The molecule has 25 heavy (non-hydrogen) atoms. The van der Waals surface area contributed by atoms with Gasteiger partial charge in [0.15, 0.2) is 5.65 Å². The molecule has 4 heterocycles. The SMILES string of the molecule is O=C(NCCCc1nnc2ccccn12)c1ccc([C@@H]2CCCO2)s1. The Morgan fingerprint density at radius 2 is 2.28 bits per heavy atom. The quantitative estimate of drug-likeness (QED) is 0.690. The number of ether oxygens (including phenoxy) is 1. The number of aryl methyl sites for hydroxylation is 1. The molecular weight excluding hydrogens is 336 g/mol. The van der Waals surface area contributed by atoms with Gasteiger partial charge in [-0.1, -0.05) is 6.07 Å². The average Bonchev–Trinajstić information content (AvgIpc) is 3.38. The van der Waals surface area contributed by atoms with Crippen molar-refractivity contribution in [3.63, 3.8) is 0 Å². The van der Waals surface area contributed by atoms with E-state index in [0.717, 1.165) is 53.5 Å². The normalized spacial score (nSPS) is 17.2. The Labute approximate surface area is 149 Å². The number of hydrogen-bond acceptors (Lipinski definition) is 5. The van der Waals surface area contributed by atoms with Gasteiger partial charge >= 0.3 is 0 Å². The van der Waals surface area contributed by atoms with E-state index in [9.17, 15) is 4.79 Å². The maximum atomic E-state index is 12.3. The summed E-state index contributed by atoms with van der Waals surface area (Å²) in [6.07, 6.45) is 5.88. The molecule has 1 fully saturated rings. The zero-order valence-corrected chi connectivity index (χ0v) is 14.7. The molecule has 1 atom stereocenters. The molecule has 3 aromatic rings. The van der Waals surface area contributed by atoms with Crippen LogP contribution in [-0.4, -0.2) is 33.7 Å². The molecule has 1 amide bonds. The van der Waals surface area contributed by atoms with E-state index in [0.29, 0.717) is 6.54 Å². The van der Waals surface area contributed by atoms with Gasteiger partial charge in [0.1, 0.15) is 5.82 Å². The summed E-state index contributed by atoms with van der Waals surface area (Å²) in [7, 11) is 0. The number of hydrogen-bond donors (Lipinski definition) is 1. The van der Waals surface area contributed by atoms with E-state index in [2.05, 4.69) is 15.5 Å². The van der Waals surface area contributed by atoms with Gasteiger partial charge in [-0.25, -0.2) is 0 Å². The lowest BCUT2D eigenvalue weighted by Gasteiger charge is -2.05. The summed E-state index contributed by atoms with van der Waals surface area (Å²) in [5.74, 6) is 0.905. The molecular formula is C18H20N4O2S. The van der Waals surface area contributed by atoms with E-state index < -0.39 is 0 Å². The van der Waals surface area contributed by atoms with Crippen LogP contribution in [0, 0.1) is 0 Å². The van der Waals surface area contributed by atoms with Gasteiger partial charge in [-0.3, -0.25) is 9.20 Å². The number of rotatable bonds is 6. The van der Waals surface area contributed by atoms with E-state index in [4.69, 9.17) is 4.74 Å². The molecule has 0 radical (unpaired) electrons. The van der Waals surface area contributed by atoms with Crippen LogP contribution in [0.15, 0.2) is 36.5 Å². The molecule has 0 bridgehead atoms. The number of amides is 1. The Morgan fingerprint density at radius 3 is 3.16 bits per heavy atom. The van der Waals surface area contributed by atoms with E-state index in [-0.39, 0.29) is 12.0 Å². The van der Waals surface area contributed by atoms with Gasteiger partial charge in [-0.2, -0.15) is 0 Å². The third kappa shape index (κ3) is 3.57. The van der Waals surface area contributed by atoms with Crippen LogP contribution < -0.4 is 5.32 Å². The highest BCUT2D eigenvalue weighted by Gasteiger charge is 2.20. The molecule has 0 spiro atoms. The number of aromatic nitrogens is 3. The lowest BCUT2D eigenvalue weighted by molar-refractivity contribution is 0.0957. The monoisotopic (exact) mass is 356 g/mol. The maximum absolute atomic E-state index is 12.3. The Balaban J connectivity index is 1.27. The maximum Gasteiger partial charge on any atom is 0.261 e. The van der Waals surface area contributed by atoms with Gasteiger partial charge in [0.05, 0.1) is 11.0 Å². The highest BCUT2D eigenvalue weighted by atomic mass is 32.1. The first kappa shape index (κ1) is 16.2. The predicted molar refractivity (Wildman–Crippen MR) is 95.9 cm³/mol. The van der Waals surface area contributed by atoms with Crippen molar-refractivity contribution >= 4 is 22.9 Å². The molecule has 0 aliphatic carbocycles. The first-order chi connectivity index (χ1) is 12.3. The topological polar surface area (TPSA) is 68.5 Å². The van der Waals surface area contributed by atoms with Crippen LogP contribution in [0.25, 0.3) is 5.65 Å². The molecule has 4 rings (SSSR count). The van der Waals surface area contributed by atoms with Crippen molar-refractivity contribution in [2.45, 2.75) is 31.8 Å². The standard InChI is InChI=1S/C18H20N4O2S/c23-18(15-9-8-14(25-15)13-5-4-12-24-13)19-10-3-7-17-21-20-16-6-1-2-11-22(16)17/h1-2,6,8-9,11,13H,3-5,7,10,12H2,(H,19,23)/t13-/m0/s1. The second-order valence-corrected chi connectivity index (χ2v) is 7.22. The molecule has 1 aliphatic rings. The highest BCUT2D eigenvalue weighted by molar-refractivity contribution is 7.14. The first-order valence-corrected chi connectivity index (χ1v) is 9.41. The van der Waals surface area contributed by atoms with Crippen LogP contribution in [0.5, 0.6) is 0 Å². The number of nitrogens with one attached hydrogen (secondary N) is 1. The number of pyridine rings is 1. The zero-order valence-electron chi connectivity index (χ0n) is 13.9. The van der Waals surface area contributed by atoms with Crippen molar-refractivity contribution in [1.82, 2.24) is 19.9 Å². The molecule has 3 aromatic heterocycles. The fourth-order valence-electron chi connectivity index (χ4n) is 3.05. The fourth-order valence-corrected chi connectivity index (χ4v) is 4.06. The summed E-state index contributed by atoms with van der Waals surface area (Å²) < 4.78 is 7.65. The molecule has 0 saturated carbocycles. The minimum absolute atomic E-state index is 0.0136. The molecule has 130 valence electrons. The molecule has 7 heteroatoms. The van der Waals surface area contributed by atoms with Gasteiger partial charge in [0, 0.05) is 30.6 Å². The van der Waals surface area contributed by atoms with E-state index >= 15 is 0 Å². The molecule has 1 aliphatic heterocycles. The molecule has 0 aromatic carbocycles. The van der Waals surface area contributed by atoms with Gasteiger partial charge in [0.25, 0.3) is 5.91 Å². The van der Waals surface area contributed by atoms with Crippen LogP contribution in [0.2, 0.25) is 0 Å². The summed E-state index contributed by atoms with van der Waals surface area (Å²) in [6.45, 7) is 1.44. The van der Waals surface area contributed by atoms with Crippen molar-refractivity contribution < 1.29 is 9.53 Å². The molecule has 0 unspecified atom stereocenters. The Hall–Kier alpha value is -2.25. The smallest absolute Gasteiger partial charge is 0.261 e. The lowest BCUT2D eigenvalue weighted by Crippen LogP contribution is -2.24. The van der Waals surface area contributed by atoms with Crippen molar-refractivity contribution in [3.05, 3.63) is 52.1 Å². The van der Waals surface area contributed by atoms with Crippen LogP contribution in [0.3, 0.4) is 0 Å². The van der Waals surface area contributed by atoms with Gasteiger partial charge in [0.2, 0.25) is 0 Å². The second-order valence-electron chi connectivity index (χ2n) is 6.11. The molecule has 1 saturated heterocycles. The number of thiophene rings is 1. The Bertz CT molecular complexity index is 867. The third-order valence-corrected chi connectivity index (χ3v) is 5.52. The summed E-state index contributed by atoms with van der Waals surface area (Å²) >= 11 is 1.53. The van der Waals surface area contributed by atoms with E-state index in [1.54, 1.807) is 0 Å². The Kier molecular flexibility index (Phi) is 4.76. The van der Waals surface area contributed by atoms with Crippen molar-refractivity contribution in [2.75, 3.05) is 13.2 Å². The number of carbonyl (C=O) groups is 1. The number of nitrogens with zero attached hydrogens (tertiary/aromatic N) is 3. The third-order valence-electron chi connectivity index (χ3n) is 4.34. The number of carbonyl (C=O) groups excluding carboxylic acids is 1. The summed E-state index contributed by atoms with van der Waals surface area (Å²) in [5, 5.41) is 11.3. The van der Waals surface area contributed by atoms with E-state index in [1.165, 1.54) is 11.3 Å². The van der Waals surface area contributed by atoms with Crippen molar-refractivity contribution in [3.8, 4) is 0 Å². The van der Waals surface area contributed by atoms with Crippen LogP contribution in [0.1, 0.15) is 45.7 Å². The highest BCUT2D eigenvalue weighted by Crippen LogP contribution is 2.33. The molecule has 1 N–H and O–H groups in total. The summed E-state index contributed by atoms with van der Waals surface area (Å²) in [5.41, 5.74) is 0.849. The lowest BCUT2D eigenvalue weighted by atomic mass is 10.2. The number of fused-ring (bicyclic) bond motifs is 1. The summed E-state index contributed by atoms with van der Waals surface area (Å²) in [4.78, 5) is 14.2. The minimum atomic E-state index is -0.0136. The van der Waals surface area contributed by atoms with Gasteiger partial charge in [-0.05, 0) is 43.5 Å². The second kappa shape index (κ2) is 7.33. The first-order valence-electron chi connectivity index (χ1n) is 8.59. The average molecular weight is 356 g/mol.